The van der Waals surface area contributed by atoms with Gasteiger partial charge in [0.15, 0.2) is 0 Å². The van der Waals surface area contributed by atoms with Crippen LogP contribution in [0.5, 0.6) is 0 Å². The molecule has 0 unspecified atom stereocenters. The Kier molecular flexibility index (Phi) is 5.72. The second-order valence-electron chi connectivity index (χ2n) is 8.43. The molecule has 5 rings (SSSR count). The number of piperidine rings is 1. The summed E-state index contributed by atoms with van der Waals surface area (Å²) < 4.78 is 49.7. The number of hydrogen-bond donors (Lipinski definition) is 0. The first-order valence-electron chi connectivity index (χ1n) is 10.5. The SMILES string of the molecule is COC[C@]12Cc3cnn(-c4ccc(F)cc4)c3C=C1CCN(S(=O)(=O)c1cncc(Br)c1)C2. The van der Waals surface area contributed by atoms with Crippen molar-refractivity contribution in [2.45, 2.75) is 17.7 Å². The average Bonchev–Trinajstić information content (AvgIpc) is 3.20. The minimum Gasteiger partial charge on any atom is -0.384 e. The number of ether oxygens (including phenoxy) is 1. The number of aromatic nitrogens is 3. The summed E-state index contributed by atoms with van der Waals surface area (Å²) in [7, 11) is -2.07. The van der Waals surface area contributed by atoms with Gasteiger partial charge in [0.2, 0.25) is 10.0 Å². The van der Waals surface area contributed by atoms with Gasteiger partial charge in [0, 0.05) is 42.5 Å². The number of sulfonamides is 1. The fourth-order valence-electron chi connectivity index (χ4n) is 4.78. The second kappa shape index (κ2) is 8.43. The van der Waals surface area contributed by atoms with Gasteiger partial charge in [0.25, 0.3) is 0 Å². The smallest absolute Gasteiger partial charge is 0.244 e. The number of nitrogens with zero attached hydrogens (tertiary/aromatic N) is 4. The third kappa shape index (κ3) is 3.95. The number of fused-ring (bicyclic) bond motifs is 2. The van der Waals surface area contributed by atoms with Crippen molar-refractivity contribution >= 4 is 32.0 Å². The molecule has 1 fully saturated rings. The van der Waals surface area contributed by atoms with Crippen LogP contribution in [0.2, 0.25) is 0 Å². The first-order chi connectivity index (χ1) is 15.8. The number of rotatable bonds is 5. The van der Waals surface area contributed by atoms with Gasteiger partial charge in [0.1, 0.15) is 10.7 Å². The molecule has 3 aromatic rings. The van der Waals surface area contributed by atoms with Crippen LogP contribution in [-0.2, 0) is 21.2 Å². The zero-order valence-electron chi connectivity index (χ0n) is 17.9. The van der Waals surface area contributed by atoms with Crippen molar-refractivity contribution < 1.29 is 17.5 Å². The molecule has 1 aromatic carbocycles. The van der Waals surface area contributed by atoms with E-state index in [9.17, 15) is 12.8 Å². The molecule has 3 heterocycles. The minimum absolute atomic E-state index is 0.164. The van der Waals surface area contributed by atoms with Crippen molar-refractivity contribution in [3.8, 4) is 5.69 Å². The van der Waals surface area contributed by atoms with Gasteiger partial charge in [-0.2, -0.15) is 9.40 Å². The van der Waals surface area contributed by atoms with Gasteiger partial charge in [-0.25, -0.2) is 17.5 Å². The van der Waals surface area contributed by atoms with Crippen LogP contribution < -0.4 is 0 Å². The lowest BCUT2D eigenvalue weighted by atomic mass is 9.69. The van der Waals surface area contributed by atoms with E-state index in [0.717, 1.165) is 22.5 Å². The molecule has 2 aromatic heterocycles. The van der Waals surface area contributed by atoms with E-state index in [1.165, 1.54) is 22.6 Å². The molecule has 1 aliphatic heterocycles. The van der Waals surface area contributed by atoms with Gasteiger partial charge in [-0.1, -0.05) is 5.57 Å². The number of methoxy groups -OCH3 is 1. The molecule has 0 spiro atoms. The molecule has 1 atom stereocenters. The van der Waals surface area contributed by atoms with Crippen LogP contribution in [-0.4, -0.2) is 54.3 Å². The van der Waals surface area contributed by atoms with Crippen molar-refractivity contribution in [1.82, 2.24) is 19.1 Å². The van der Waals surface area contributed by atoms with Gasteiger partial charge < -0.3 is 4.74 Å². The van der Waals surface area contributed by atoms with Gasteiger partial charge in [-0.15, -0.1) is 0 Å². The molecule has 10 heteroatoms. The molecule has 1 saturated heterocycles. The Hall–Kier alpha value is -2.40. The Bertz CT molecular complexity index is 1340. The highest BCUT2D eigenvalue weighted by molar-refractivity contribution is 9.10. The maximum Gasteiger partial charge on any atom is 0.244 e. The molecule has 0 bridgehead atoms. The lowest BCUT2D eigenvalue weighted by Crippen LogP contribution is -2.51. The summed E-state index contributed by atoms with van der Waals surface area (Å²) in [4.78, 5) is 4.19. The lowest BCUT2D eigenvalue weighted by Gasteiger charge is -2.45. The zero-order valence-corrected chi connectivity index (χ0v) is 20.3. The van der Waals surface area contributed by atoms with Crippen LogP contribution in [0.3, 0.4) is 0 Å². The summed E-state index contributed by atoms with van der Waals surface area (Å²) in [5, 5.41) is 4.54. The normalized spacial score (nSPS) is 20.8. The fraction of sp³-hybridized carbons (Fsp3) is 0.304. The Balaban J connectivity index is 1.51. The highest BCUT2D eigenvalue weighted by atomic mass is 79.9. The summed E-state index contributed by atoms with van der Waals surface area (Å²) in [5.41, 5.74) is 3.37. The first kappa shape index (κ1) is 22.4. The van der Waals surface area contributed by atoms with Crippen LogP contribution >= 0.6 is 15.9 Å². The van der Waals surface area contributed by atoms with E-state index in [1.54, 1.807) is 42.4 Å². The van der Waals surface area contributed by atoms with Gasteiger partial charge in [-0.3, -0.25) is 4.98 Å². The fourth-order valence-corrected chi connectivity index (χ4v) is 6.81. The second-order valence-corrected chi connectivity index (χ2v) is 11.3. The quantitative estimate of drug-likeness (QED) is 0.499. The van der Waals surface area contributed by atoms with Crippen molar-refractivity contribution in [2.24, 2.45) is 5.41 Å². The Morgan fingerprint density at radius 2 is 2.00 bits per heavy atom. The molecule has 0 amide bonds. The van der Waals surface area contributed by atoms with Crippen molar-refractivity contribution in [3.05, 3.63) is 76.0 Å². The Labute approximate surface area is 200 Å². The molecular formula is C23H22BrFN4O3S. The van der Waals surface area contributed by atoms with E-state index in [-0.39, 0.29) is 10.7 Å². The summed E-state index contributed by atoms with van der Waals surface area (Å²) in [6.07, 6.45) is 8.02. The largest absolute Gasteiger partial charge is 0.384 e. The average molecular weight is 533 g/mol. The summed E-state index contributed by atoms with van der Waals surface area (Å²) >= 11 is 3.31. The van der Waals surface area contributed by atoms with E-state index in [4.69, 9.17) is 4.74 Å². The molecule has 2 aliphatic rings. The Morgan fingerprint density at radius 3 is 2.73 bits per heavy atom. The Morgan fingerprint density at radius 1 is 1.21 bits per heavy atom. The third-order valence-corrected chi connectivity index (χ3v) is 8.57. The van der Waals surface area contributed by atoms with E-state index >= 15 is 0 Å². The van der Waals surface area contributed by atoms with Crippen molar-refractivity contribution in [1.29, 1.82) is 0 Å². The molecule has 0 radical (unpaired) electrons. The van der Waals surface area contributed by atoms with E-state index in [2.05, 4.69) is 32.1 Å². The summed E-state index contributed by atoms with van der Waals surface area (Å²) in [6.45, 7) is 1.07. The third-order valence-electron chi connectivity index (χ3n) is 6.33. The summed E-state index contributed by atoms with van der Waals surface area (Å²) in [5.74, 6) is -0.300. The van der Waals surface area contributed by atoms with Crippen LogP contribution in [0.4, 0.5) is 4.39 Å². The summed E-state index contributed by atoms with van der Waals surface area (Å²) in [6, 6.07) is 7.78. The topological polar surface area (TPSA) is 77.3 Å². The van der Waals surface area contributed by atoms with Crippen LogP contribution in [0.1, 0.15) is 17.7 Å². The van der Waals surface area contributed by atoms with E-state index in [1.807, 2.05) is 0 Å². The molecule has 7 nitrogen and oxygen atoms in total. The first-order valence-corrected chi connectivity index (χ1v) is 12.7. The minimum atomic E-state index is -3.71. The number of hydrogen-bond acceptors (Lipinski definition) is 5. The molecule has 33 heavy (non-hydrogen) atoms. The lowest BCUT2D eigenvalue weighted by molar-refractivity contribution is 0.0733. The number of halogens is 2. The van der Waals surface area contributed by atoms with Crippen LogP contribution in [0.15, 0.2) is 63.9 Å². The highest BCUT2D eigenvalue weighted by Crippen LogP contribution is 2.45. The number of benzene rings is 1. The van der Waals surface area contributed by atoms with Crippen molar-refractivity contribution in [3.63, 3.8) is 0 Å². The van der Waals surface area contributed by atoms with Gasteiger partial charge >= 0.3 is 0 Å². The highest BCUT2D eigenvalue weighted by Gasteiger charge is 2.46. The predicted octanol–water partition coefficient (Wildman–Crippen LogP) is 3.84. The van der Waals surface area contributed by atoms with Crippen LogP contribution in [0, 0.1) is 11.2 Å². The molecular weight excluding hydrogens is 511 g/mol. The number of pyridine rings is 1. The molecule has 0 N–H and O–H groups in total. The van der Waals surface area contributed by atoms with E-state index < -0.39 is 15.4 Å². The van der Waals surface area contributed by atoms with Crippen molar-refractivity contribution in [2.75, 3.05) is 26.8 Å². The standard InChI is InChI=1S/C23H22BrFN4O3S/c1-32-15-23-10-16-11-27-29(20-4-2-19(25)3-5-20)22(16)8-17(23)6-7-28(14-23)33(30,31)21-9-18(24)12-26-13-21/h2-5,8-9,11-13H,6-7,10,14-15H2,1H3/t23-/m1/s1. The van der Waals surface area contributed by atoms with E-state index in [0.29, 0.717) is 37.0 Å². The zero-order chi connectivity index (χ0) is 23.2. The predicted molar refractivity (Wildman–Crippen MR) is 125 cm³/mol. The maximum absolute atomic E-state index is 13.4. The van der Waals surface area contributed by atoms with Gasteiger partial charge in [0.05, 0.1) is 24.2 Å². The monoisotopic (exact) mass is 532 g/mol. The van der Waals surface area contributed by atoms with Gasteiger partial charge in [-0.05, 0) is 70.7 Å². The maximum atomic E-state index is 13.4. The molecule has 0 saturated carbocycles. The molecule has 172 valence electrons. The molecule has 1 aliphatic carbocycles. The van der Waals surface area contributed by atoms with Crippen LogP contribution in [0.25, 0.3) is 11.8 Å².